The monoisotopic (exact) mass is 299 g/mol. The Hall–Kier alpha value is -2.34. The van der Waals surface area contributed by atoms with Crippen molar-refractivity contribution in [3.63, 3.8) is 0 Å². The number of benzene rings is 1. The van der Waals surface area contributed by atoms with Gasteiger partial charge < -0.3 is 15.0 Å². The Bertz CT molecular complexity index is 787. The third-order valence-electron chi connectivity index (χ3n) is 3.45. The van der Waals surface area contributed by atoms with Gasteiger partial charge in [-0.3, -0.25) is 0 Å². The molecule has 2 aromatic heterocycles. The van der Waals surface area contributed by atoms with E-state index in [4.69, 9.17) is 10.5 Å². The number of aromatic nitrogens is 4. The summed E-state index contributed by atoms with van der Waals surface area (Å²) in [6, 6.07) is 9.87. The van der Waals surface area contributed by atoms with E-state index >= 15 is 0 Å². The van der Waals surface area contributed by atoms with E-state index in [2.05, 4.69) is 14.6 Å². The van der Waals surface area contributed by atoms with Crippen molar-refractivity contribution in [2.45, 2.75) is 33.4 Å². The number of hydrogen-bond donors (Lipinski definition) is 1. The molecule has 0 fully saturated rings. The van der Waals surface area contributed by atoms with Gasteiger partial charge in [-0.15, -0.1) is 0 Å². The predicted octanol–water partition coefficient (Wildman–Crippen LogP) is 2.54. The Balaban J connectivity index is 2.06. The highest BCUT2D eigenvalue weighted by molar-refractivity contribution is 5.77. The Morgan fingerprint density at radius 1 is 1.27 bits per heavy atom. The van der Waals surface area contributed by atoms with Gasteiger partial charge in [-0.2, -0.15) is 9.78 Å². The van der Waals surface area contributed by atoms with E-state index in [0.717, 1.165) is 22.7 Å². The number of nitrogens with two attached hydrogens (primary N) is 1. The van der Waals surface area contributed by atoms with Crippen LogP contribution in [0, 0.1) is 6.92 Å². The number of aryl methyl sites for hydroxylation is 1. The third-order valence-corrected chi connectivity index (χ3v) is 3.45. The van der Waals surface area contributed by atoms with Crippen LogP contribution < -0.4 is 5.73 Å². The van der Waals surface area contributed by atoms with E-state index in [-0.39, 0.29) is 6.10 Å². The molecule has 2 N–H and O–H groups in total. The fourth-order valence-corrected chi connectivity index (χ4v) is 2.50. The van der Waals surface area contributed by atoms with Crippen LogP contribution in [0.5, 0.6) is 0 Å². The van der Waals surface area contributed by atoms with Gasteiger partial charge in [0, 0.05) is 12.6 Å². The zero-order chi connectivity index (χ0) is 15.7. The summed E-state index contributed by atoms with van der Waals surface area (Å²) < 4.78 is 9.46. The average molecular weight is 299 g/mol. The van der Waals surface area contributed by atoms with Crippen LogP contribution in [0.15, 0.2) is 30.3 Å². The Morgan fingerprint density at radius 3 is 2.73 bits per heavy atom. The molecule has 0 aliphatic heterocycles. The Kier molecular flexibility index (Phi) is 3.85. The van der Waals surface area contributed by atoms with Crippen LogP contribution in [0.1, 0.15) is 19.5 Å². The largest absolute Gasteiger partial charge is 0.383 e. The lowest BCUT2D eigenvalue weighted by atomic mass is 10.3. The number of nitrogens with zero attached hydrogens (tertiary/aromatic N) is 4. The Labute approximate surface area is 129 Å². The summed E-state index contributed by atoms with van der Waals surface area (Å²) >= 11 is 0. The normalized spacial score (nSPS) is 11.6. The van der Waals surface area contributed by atoms with E-state index in [1.54, 1.807) is 4.68 Å². The fourth-order valence-electron chi connectivity index (χ4n) is 2.50. The highest BCUT2D eigenvalue weighted by atomic mass is 16.5. The molecule has 3 rings (SSSR count). The van der Waals surface area contributed by atoms with Crippen molar-refractivity contribution in [2.75, 3.05) is 12.3 Å². The molecule has 22 heavy (non-hydrogen) atoms. The fraction of sp³-hybridized carbons (Fsp3) is 0.375. The summed E-state index contributed by atoms with van der Waals surface area (Å²) in [6.45, 7) is 7.29. The highest BCUT2D eigenvalue weighted by Crippen LogP contribution is 2.21. The van der Waals surface area contributed by atoms with Gasteiger partial charge in [0.05, 0.1) is 29.4 Å². The third kappa shape index (κ3) is 2.69. The van der Waals surface area contributed by atoms with Gasteiger partial charge in [-0.25, -0.2) is 4.98 Å². The minimum atomic E-state index is 0.204. The average Bonchev–Trinajstić information content (AvgIpc) is 2.99. The summed E-state index contributed by atoms with van der Waals surface area (Å²) in [6.07, 6.45) is 0.204. The lowest BCUT2D eigenvalue weighted by Gasteiger charge is -2.12. The van der Waals surface area contributed by atoms with Gasteiger partial charge in [0.1, 0.15) is 5.82 Å². The molecule has 0 atom stereocenters. The van der Waals surface area contributed by atoms with Crippen molar-refractivity contribution >= 4 is 16.9 Å². The summed E-state index contributed by atoms with van der Waals surface area (Å²) in [5, 5.41) is 4.45. The molecule has 0 amide bonds. The summed E-state index contributed by atoms with van der Waals surface area (Å²) in [7, 11) is 0. The van der Waals surface area contributed by atoms with E-state index in [1.165, 1.54) is 0 Å². The molecule has 0 saturated heterocycles. The van der Waals surface area contributed by atoms with E-state index < -0.39 is 0 Å². The van der Waals surface area contributed by atoms with Crippen molar-refractivity contribution in [1.29, 1.82) is 0 Å². The zero-order valence-electron chi connectivity index (χ0n) is 13.2. The summed E-state index contributed by atoms with van der Waals surface area (Å²) in [5.41, 5.74) is 8.91. The second-order valence-corrected chi connectivity index (χ2v) is 5.59. The molecule has 6 nitrogen and oxygen atoms in total. The smallest absolute Gasteiger partial charge is 0.233 e. The van der Waals surface area contributed by atoms with Crippen molar-refractivity contribution in [3.05, 3.63) is 36.0 Å². The van der Waals surface area contributed by atoms with Gasteiger partial charge in [-0.05, 0) is 32.9 Å². The molecule has 0 saturated carbocycles. The van der Waals surface area contributed by atoms with E-state index in [1.807, 2.05) is 51.1 Å². The summed E-state index contributed by atoms with van der Waals surface area (Å²) in [4.78, 5) is 4.68. The molecular formula is C16H21N5O. The molecule has 1 aromatic carbocycles. The molecular weight excluding hydrogens is 278 g/mol. The first-order chi connectivity index (χ1) is 10.6. The molecule has 3 aromatic rings. The Morgan fingerprint density at radius 2 is 2.05 bits per heavy atom. The number of imidazole rings is 1. The predicted molar refractivity (Wildman–Crippen MR) is 87.1 cm³/mol. The van der Waals surface area contributed by atoms with Gasteiger partial charge in [0.25, 0.3) is 0 Å². The number of para-hydroxylation sites is 2. The van der Waals surface area contributed by atoms with Crippen LogP contribution >= 0.6 is 0 Å². The van der Waals surface area contributed by atoms with Crippen LogP contribution in [0.25, 0.3) is 17.0 Å². The first-order valence-corrected chi connectivity index (χ1v) is 7.45. The molecule has 0 spiro atoms. The van der Waals surface area contributed by atoms with Crippen LogP contribution in [0.3, 0.4) is 0 Å². The number of fused-ring (bicyclic) bond motifs is 1. The van der Waals surface area contributed by atoms with E-state index in [0.29, 0.717) is 19.0 Å². The lowest BCUT2D eigenvalue weighted by molar-refractivity contribution is 0.0732. The number of hydrogen-bond acceptors (Lipinski definition) is 4. The van der Waals surface area contributed by atoms with Crippen molar-refractivity contribution in [3.8, 4) is 5.95 Å². The standard InChI is InChI=1S/C16H21N5O/c1-11(2)22-9-8-20-14-7-5-4-6-13(14)18-16(20)21-15(17)10-12(3)19-21/h4-7,10-11H,8-9,17H2,1-3H3. The van der Waals surface area contributed by atoms with Crippen LogP contribution in [0.4, 0.5) is 5.82 Å². The van der Waals surface area contributed by atoms with Crippen molar-refractivity contribution in [2.24, 2.45) is 0 Å². The highest BCUT2D eigenvalue weighted by Gasteiger charge is 2.15. The minimum absolute atomic E-state index is 0.204. The second kappa shape index (κ2) is 5.81. The zero-order valence-corrected chi connectivity index (χ0v) is 13.2. The van der Waals surface area contributed by atoms with Crippen molar-refractivity contribution < 1.29 is 4.74 Å². The first kappa shape index (κ1) is 14.6. The van der Waals surface area contributed by atoms with Gasteiger partial charge in [0.15, 0.2) is 0 Å². The van der Waals surface area contributed by atoms with E-state index in [9.17, 15) is 0 Å². The maximum Gasteiger partial charge on any atom is 0.233 e. The molecule has 2 heterocycles. The van der Waals surface area contributed by atoms with Crippen LogP contribution in [-0.2, 0) is 11.3 Å². The molecule has 0 bridgehead atoms. The number of rotatable bonds is 5. The second-order valence-electron chi connectivity index (χ2n) is 5.59. The molecule has 0 aliphatic rings. The van der Waals surface area contributed by atoms with Gasteiger partial charge in [0.2, 0.25) is 5.95 Å². The first-order valence-electron chi connectivity index (χ1n) is 7.45. The molecule has 116 valence electrons. The minimum Gasteiger partial charge on any atom is -0.383 e. The molecule has 6 heteroatoms. The van der Waals surface area contributed by atoms with Gasteiger partial charge >= 0.3 is 0 Å². The summed E-state index contributed by atoms with van der Waals surface area (Å²) in [5.74, 6) is 1.30. The number of anilines is 1. The van der Waals surface area contributed by atoms with Gasteiger partial charge in [-0.1, -0.05) is 12.1 Å². The lowest BCUT2D eigenvalue weighted by Crippen LogP contribution is -2.15. The number of ether oxygens (including phenoxy) is 1. The molecule has 0 radical (unpaired) electrons. The number of nitrogen functional groups attached to an aromatic ring is 1. The van der Waals surface area contributed by atoms with Crippen LogP contribution in [0.2, 0.25) is 0 Å². The quantitative estimate of drug-likeness (QED) is 0.786. The van der Waals surface area contributed by atoms with Crippen LogP contribution in [-0.4, -0.2) is 32.0 Å². The maximum atomic E-state index is 6.06. The topological polar surface area (TPSA) is 70.9 Å². The molecule has 0 unspecified atom stereocenters. The maximum absolute atomic E-state index is 6.06. The SMILES string of the molecule is Cc1cc(N)n(-c2nc3ccccc3n2CCOC(C)C)n1. The molecule has 0 aliphatic carbocycles. The van der Waals surface area contributed by atoms with Crippen molar-refractivity contribution in [1.82, 2.24) is 19.3 Å².